The molecule has 0 saturated heterocycles. The molecule has 0 aliphatic heterocycles. The Balaban J connectivity index is 2.10. The number of hydrogen-bond acceptors (Lipinski definition) is 5. The first-order valence-corrected chi connectivity index (χ1v) is 9.23. The molecule has 2 N–H and O–H groups in total. The molecule has 0 radical (unpaired) electrons. The smallest absolute Gasteiger partial charge is 0.262 e. The molecule has 1 aliphatic carbocycles. The van der Waals surface area contributed by atoms with Gasteiger partial charge in [-0.1, -0.05) is 42.1 Å². The Bertz CT molecular complexity index is 964. The molecular formula is C18H18N4OS. The summed E-state index contributed by atoms with van der Waals surface area (Å²) < 4.78 is 1.83. The van der Waals surface area contributed by atoms with Crippen LogP contribution in [0.4, 0.5) is 5.69 Å². The molecule has 0 amide bonds. The number of pyridine rings is 1. The standard InChI is InChI=1S/C18H18N4OS/c1-24-18-20-10-13-15(19)14(11-6-3-2-4-7-11)17(23)22(16(13)21-18)12-8-5-9-12/h2-4,6-7,10,12H,5,8-9,19H2,1H3. The molecule has 4 rings (SSSR count). The minimum absolute atomic E-state index is 0.0540. The molecule has 1 aromatic carbocycles. The van der Waals surface area contributed by atoms with Crippen molar-refractivity contribution in [1.29, 1.82) is 0 Å². The molecule has 2 aromatic heterocycles. The van der Waals surface area contributed by atoms with Crippen LogP contribution in [-0.4, -0.2) is 20.8 Å². The molecule has 0 unspecified atom stereocenters. The first-order valence-electron chi connectivity index (χ1n) is 8.01. The monoisotopic (exact) mass is 338 g/mol. The molecular weight excluding hydrogens is 320 g/mol. The number of nitrogens with two attached hydrogens (primary N) is 1. The number of hydrogen-bond donors (Lipinski definition) is 1. The summed E-state index contributed by atoms with van der Waals surface area (Å²) >= 11 is 1.46. The van der Waals surface area contributed by atoms with E-state index < -0.39 is 0 Å². The molecule has 2 heterocycles. The van der Waals surface area contributed by atoms with Gasteiger partial charge < -0.3 is 5.73 Å². The summed E-state index contributed by atoms with van der Waals surface area (Å²) in [7, 11) is 0. The highest BCUT2D eigenvalue weighted by Crippen LogP contribution is 2.36. The Hall–Kier alpha value is -2.34. The number of fused-ring (bicyclic) bond motifs is 1. The van der Waals surface area contributed by atoms with Gasteiger partial charge in [0.1, 0.15) is 5.65 Å². The van der Waals surface area contributed by atoms with E-state index in [1.807, 2.05) is 41.2 Å². The summed E-state index contributed by atoms with van der Waals surface area (Å²) in [5.74, 6) is 0. The van der Waals surface area contributed by atoms with Crippen molar-refractivity contribution in [2.75, 3.05) is 12.0 Å². The largest absolute Gasteiger partial charge is 0.397 e. The van der Waals surface area contributed by atoms with Crippen LogP contribution >= 0.6 is 11.8 Å². The maximum absolute atomic E-state index is 13.3. The maximum atomic E-state index is 13.3. The molecule has 0 bridgehead atoms. The van der Waals surface area contributed by atoms with Crippen LogP contribution in [0.25, 0.3) is 22.2 Å². The fourth-order valence-corrected chi connectivity index (χ4v) is 3.50. The van der Waals surface area contributed by atoms with Crippen LogP contribution in [0, 0.1) is 0 Å². The fourth-order valence-electron chi connectivity index (χ4n) is 3.16. The third-order valence-electron chi connectivity index (χ3n) is 4.65. The van der Waals surface area contributed by atoms with Gasteiger partial charge >= 0.3 is 0 Å². The molecule has 5 nitrogen and oxygen atoms in total. The van der Waals surface area contributed by atoms with E-state index in [1.165, 1.54) is 11.8 Å². The number of rotatable bonds is 3. The normalized spacial score (nSPS) is 14.7. The first kappa shape index (κ1) is 15.2. The summed E-state index contributed by atoms with van der Waals surface area (Å²) in [6.45, 7) is 0. The van der Waals surface area contributed by atoms with Gasteiger partial charge in [0.05, 0.1) is 16.6 Å². The summed E-state index contributed by atoms with van der Waals surface area (Å²) in [5, 5.41) is 1.40. The zero-order valence-corrected chi connectivity index (χ0v) is 14.2. The predicted octanol–water partition coefficient (Wildman–Crippen LogP) is 3.49. The van der Waals surface area contributed by atoms with Crippen molar-refractivity contribution in [2.45, 2.75) is 30.5 Å². The Morgan fingerprint density at radius 3 is 2.62 bits per heavy atom. The number of benzene rings is 1. The van der Waals surface area contributed by atoms with E-state index in [4.69, 9.17) is 5.73 Å². The number of aromatic nitrogens is 3. The Morgan fingerprint density at radius 2 is 2.00 bits per heavy atom. The average molecular weight is 338 g/mol. The second kappa shape index (κ2) is 5.94. The van der Waals surface area contributed by atoms with Crippen LogP contribution in [0.5, 0.6) is 0 Å². The summed E-state index contributed by atoms with van der Waals surface area (Å²) in [6, 6.07) is 9.80. The van der Waals surface area contributed by atoms with Gasteiger partial charge in [-0.2, -0.15) is 0 Å². The molecule has 1 saturated carbocycles. The number of nitrogen functional groups attached to an aromatic ring is 1. The van der Waals surface area contributed by atoms with E-state index in [9.17, 15) is 4.79 Å². The Morgan fingerprint density at radius 1 is 1.25 bits per heavy atom. The highest BCUT2D eigenvalue weighted by molar-refractivity contribution is 7.98. The lowest BCUT2D eigenvalue weighted by atomic mass is 9.92. The van der Waals surface area contributed by atoms with E-state index in [0.717, 1.165) is 30.2 Å². The molecule has 1 fully saturated rings. The van der Waals surface area contributed by atoms with Crippen molar-refractivity contribution < 1.29 is 0 Å². The summed E-state index contributed by atoms with van der Waals surface area (Å²) in [5.41, 5.74) is 8.82. The van der Waals surface area contributed by atoms with E-state index in [-0.39, 0.29) is 11.6 Å². The molecule has 1 aliphatic rings. The second-order valence-corrected chi connectivity index (χ2v) is 6.78. The topological polar surface area (TPSA) is 73.8 Å². The van der Waals surface area contributed by atoms with Crippen molar-refractivity contribution in [3.05, 3.63) is 46.9 Å². The van der Waals surface area contributed by atoms with Crippen molar-refractivity contribution >= 4 is 28.5 Å². The van der Waals surface area contributed by atoms with E-state index in [2.05, 4.69) is 9.97 Å². The number of nitrogens with zero attached hydrogens (tertiary/aromatic N) is 3. The molecule has 6 heteroatoms. The zero-order chi connectivity index (χ0) is 16.7. The minimum Gasteiger partial charge on any atom is -0.397 e. The van der Waals surface area contributed by atoms with Crippen molar-refractivity contribution in [1.82, 2.24) is 14.5 Å². The van der Waals surface area contributed by atoms with Gasteiger partial charge in [0.2, 0.25) is 0 Å². The molecule has 24 heavy (non-hydrogen) atoms. The van der Waals surface area contributed by atoms with Gasteiger partial charge in [-0.15, -0.1) is 0 Å². The third kappa shape index (κ3) is 2.29. The van der Waals surface area contributed by atoms with Crippen molar-refractivity contribution in [3.63, 3.8) is 0 Å². The van der Waals surface area contributed by atoms with Crippen LogP contribution in [0.3, 0.4) is 0 Å². The highest BCUT2D eigenvalue weighted by Gasteiger charge is 2.26. The van der Waals surface area contributed by atoms with Gasteiger partial charge in [-0.3, -0.25) is 9.36 Å². The number of anilines is 1. The minimum atomic E-state index is -0.0540. The maximum Gasteiger partial charge on any atom is 0.262 e. The quantitative estimate of drug-likeness (QED) is 0.584. The average Bonchev–Trinajstić information content (AvgIpc) is 2.57. The summed E-state index contributed by atoms with van der Waals surface area (Å²) in [6.07, 6.45) is 6.82. The predicted molar refractivity (Wildman–Crippen MR) is 98.3 cm³/mol. The molecule has 0 atom stereocenters. The first-order chi connectivity index (χ1) is 11.7. The Kier molecular flexibility index (Phi) is 3.76. The van der Waals surface area contributed by atoms with Gasteiger partial charge in [-0.25, -0.2) is 9.97 Å². The van der Waals surface area contributed by atoms with Crippen LogP contribution < -0.4 is 11.3 Å². The lowest BCUT2D eigenvalue weighted by Gasteiger charge is -2.29. The van der Waals surface area contributed by atoms with E-state index in [0.29, 0.717) is 22.1 Å². The van der Waals surface area contributed by atoms with Crippen LogP contribution in [0.2, 0.25) is 0 Å². The van der Waals surface area contributed by atoms with Gasteiger partial charge in [0.15, 0.2) is 5.16 Å². The molecule has 0 spiro atoms. The van der Waals surface area contributed by atoms with E-state index >= 15 is 0 Å². The van der Waals surface area contributed by atoms with Crippen LogP contribution in [0.1, 0.15) is 25.3 Å². The lowest BCUT2D eigenvalue weighted by Crippen LogP contribution is -2.31. The van der Waals surface area contributed by atoms with E-state index in [1.54, 1.807) is 6.20 Å². The van der Waals surface area contributed by atoms with Crippen molar-refractivity contribution in [2.24, 2.45) is 0 Å². The van der Waals surface area contributed by atoms with Gasteiger partial charge in [-0.05, 0) is 31.1 Å². The Labute approximate surface area is 143 Å². The second-order valence-electron chi connectivity index (χ2n) is 6.01. The van der Waals surface area contributed by atoms with Crippen LogP contribution in [-0.2, 0) is 0 Å². The summed E-state index contributed by atoms with van der Waals surface area (Å²) in [4.78, 5) is 22.2. The SMILES string of the molecule is CSc1ncc2c(N)c(-c3ccccc3)c(=O)n(C3CCC3)c2n1. The fraction of sp³-hybridized carbons (Fsp3) is 0.278. The van der Waals surface area contributed by atoms with Gasteiger partial charge in [0.25, 0.3) is 5.56 Å². The zero-order valence-electron chi connectivity index (χ0n) is 13.4. The lowest BCUT2D eigenvalue weighted by molar-refractivity contribution is 0.313. The highest BCUT2D eigenvalue weighted by atomic mass is 32.2. The van der Waals surface area contributed by atoms with Gasteiger partial charge in [0, 0.05) is 12.2 Å². The molecule has 3 aromatic rings. The van der Waals surface area contributed by atoms with Crippen molar-refractivity contribution in [3.8, 4) is 11.1 Å². The van der Waals surface area contributed by atoms with Crippen LogP contribution in [0.15, 0.2) is 46.5 Å². The third-order valence-corrected chi connectivity index (χ3v) is 5.21. The number of thioether (sulfide) groups is 1. The molecule has 122 valence electrons.